The Morgan fingerprint density at radius 3 is 2.65 bits per heavy atom. The quantitative estimate of drug-likeness (QED) is 0.638. The van der Waals surface area contributed by atoms with Crippen LogP contribution in [0.1, 0.15) is 65.2 Å². The van der Waals surface area contributed by atoms with Crippen molar-refractivity contribution in [3.8, 4) is 0 Å². The molecule has 1 unspecified atom stereocenters. The van der Waals surface area contributed by atoms with Crippen molar-refractivity contribution in [3.05, 3.63) is 34.4 Å². The standard InChI is InChI=1S/C23H28O2S/c1-21-8-5-17-20-16(6-11-23(17,21)19(25)7-9-21)22(2)10-4-15(24)12-14(22)13-18(20)26-3/h5,12,18H,4,6-11,13H2,1-3H3/t18-,21+,22?,23-/m1/s1. The molecule has 1 fully saturated rings. The fourth-order valence-electron chi connectivity index (χ4n) is 6.96. The minimum absolute atomic E-state index is 0.0402. The molecule has 0 radical (unpaired) electrons. The number of hydrogen-bond acceptors (Lipinski definition) is 3. The Labute approximate surface area is 160 Å². The first-order chi connectivity index (χ1) is 12.4. The Balaban J connectivity index is 1.72. The van der Waals surface area contributed by atoms with Crippen LogP contribution in [0.3, 0.4) is 0 Å². The Bertz CT molecular complexity index is 831. The molecule has 26 heavy (non-hydrogen) atoms. The molecule has 2 nitrogen and oxygen atoms in total. The molecule has 1 spiro atoms. The Morgan fingerprint density at radius 1 is 1.08 bits per heavy atom. The van der Waals surface area contributed by atoms with Crippen LogP contribution in [0.25, 0.3) is 0 Å². The van der Waals surface area contributed by atoms with Gasteiger partial charge in [0.05, 0.1) is 5.41 Å². The van der Waals surface area contributed by atoms with Gasteiger partial charge in [0.15, 0.2) is 5.78 Å². The largest absolute Gasteiger partial charge is 0.299 e. The molecule has 0 bridgehead atoms. The molecule has 0 saturated heterocycles. The van der Waals surface area contributed by atoms with E-state index < -0.39 is 0 Å². The van der Waals surface area contributed by atoms with Gasteiger partial charge < -0.3 is 0 Å². The highest BCUT2D eigenvalue weighted by molar-refractivity contribution is 7.99. The van der Waals surface area contributed by atoms with E-state index in [1.165, 1.54) is 16.7 Å². The average molecular weight is 369 g/mol. The van der Waals surface area contributed by atoms with Crippen LogP contribution in [-0.2, 0) is 9.59 Å². The molecule has 138 valence electrons. The second kappa shape index (κ2) is 5.25. The topological polar surface area (TPSA) is 34.1 Å². The summed E-state index contributed by atoms with van der Waals surface area (Å²) in [4.78, 5) is 25.2. The summed E-state index contributed by atoms with van der Waals surface area (Å²) < 4.78 is 0. The molecule has 0 aromatic carbocycles. The number of allylic oxidation sites excluding steroid dienone is 5. The molecular formula is C23H28O2S. The van der Waals surface area contributed by atoms with Gasteiger partial charge in [0.1, 0.15) is 5.78 Å². The molecule has 0 heterocycles. The summed E-state index contributed by atoms with van der Waals surface area (Å²) in [7, 11) is 0. The van der Waals surface area contributed by atoms with Gasteiger partial charge in [-0.15, -0.1) is 0 Å². The van der Waals surface area contributed by atoms with Gasteiger partial charge in [0.25, 0.3) is 0 Å². The molecule has 1 saturated carbocycles. The second-order valence-corrected chi connectivity index (χ2v) is 10.5. The summed E-state index contributed by atoms with van der Waals surface area (Å²) >= 11 is 1.90. The van der Waals surface area contributed by atoms with E-state index >= 15 is 0 Å². The third kappa shape index (κ3) is 1.81. The lowest BCUT2D eigenvalue weighted by molar-refractivity contribution is -0.127. The van der Waals surface area contributed by atoms with Crippen LogP contribution in [0.15, 0.2) is 34.4 Å². The van der Waals surface area contributed by atoms with Crippen LogP contribution in [0, 0.1) is 16.2 Å². The Hall–Kier alpha value is -1.09. The minimum atomic E-state index is -0.206. The fraction of sp³-hybridized carbons (Fsp3) is 0.652. The summed E-state index contributed by atoms with van der Waals surface area (Å²) in [5.74, 6) is 0.799. The molecule has 5 rings (SSSR count). The van der Waals surface area contributed by atoms with Gasteiger partial charge in [-0.2, -0.15) is 11.8 Å². The van der Waals surface area contributed by atoms with Gasteiger partial charge in [-0.3, -0.25) is 9.59 Å². The number of carbonyl (C=O) groups is 2. The van der Waals surface area contributed by atoms with Crippen molar-refractivity contribution in [2.45, 2.75) is 70.5 Å². The van der Waals surface area contributed by atoms with E-state index in [0.717, 1.165) is 44.9 Å². The average Bonchev–Trinajstić information content (AvgIpc) is 3.06. The maximum Gasteiger partial charge on any atom is 0.155 e. The van der Waals surface area contributed by atoms with Crippen molar-refractivity contribution in [1.82, 2.24) is 0 Å². The van der Waals surface area contributed by atoms with Crippen molar-refractivity contribution < 1.29 is 9.59 Å². The molecule has 3 heteroatoms. The lowest BCUT2D eigenvalue weighted by atomic mass is 9.52. The van der Waals surface area contributed by atoms with Crippen LogP contribution >= 0.6 is 11.8 Å². The van der Waals surface area contributed by atoms with Gasteiger partial charge in [0, 0.05) is 23.5 Å². The fourth-order valence-corrected chi connectivity index (χ4v) is 7.81. The van der Waals surface area contributed by atoms with Crippen LogP contribution in [0.5, 0.6) is 0 Å². The SMILES string of the molecule is CS[C@@H]1CC2=CC(=O)CCC2(C)C2=C1C1=CC[C@@]3(C)CCC(=O)[C@@]13CC2. The molecular weight excluding hydrogens is 340 g/mol. The molecule has 0 amide bonds. The molecule has 5 aliphatic rings. The summed E-state index contributed by atoms with van der Waals surface area (Å²) in [5, 5.41) is 0.398. The Kier molecular flexibility index (Phi) is 3.44. The first kappa shape index (κ1) is 17.0. The highest BCUT2D eigenvalue weighted by Crippen LogP contribution is 2.70. The highest BCUT2D eigenvalue weighted by atomic mass is 32.2. The monoisotopic (exact) mass is 368 g/mol. The zero-order valence-electron chi connectivity index (χ0n) is 16.1. The van der Waals surface area contributed by atoms with E-state index in [0.29, 0.717) is 23.2 Å². The van der Waals surface area contributed by atoms with Crippen molar-refractivity contribution in [1.29, 1.82) is 0 Å². The van der Waals surface area contributed by atoms with E-state index in [1.54, 1.807) is 5.57 Å². The highest BCUT2D eigenvalue weighted by Gasteiger charge is 2.64. The second-order valence-electron chi connectivity index (χ2n) is 9.50. The first-order valence-corrected chi connectivity index (χ1v) is 11.4. The van der Waals surface area contributed by atoms with E-state index in [4.69, 9.17) is 0 Å². The van der Waals surface area contributed by atoms with Crippen molar-refractivity contribution in [3.63, 3.8) is 0 Å². The predicted octanol–water partition coefficient (Wildman–Crippen LogP) is 5.19. The van der Waals surface area contributed by atoms with Crippen LogP contribution in [-0.4, -0.2) is 23.1 Å². The Morgan fingerprint density at radius 2 is 1.88 bits per heavy atom. The van der Waals surface area contributed by atoms with Gasteiger partial charge >= 0.3 is 0 Å². The predicted molar refractivity (Wildman–Crippen MR) is 106 cm³/mol. The summed E-state index contributed by atoms with van der Waals surface area (Å²) in [6, 6.07) is 0. The van der Waals surface area contributed by atoms with Crippen LogP contribution in [0.2, 0.25) is 0 Å². The minimum Gasteiger partial charge on any atom is -0.299 e. The number of carbonyl (C=O) groups excluding carboxylic acids is 2. The third-order valence-electron chi connectivity index (χ3n) is 8.59. The van der Waals surface area contributed by atoms with Crippen LogP contribution < -0.4 is 0 Å². The van der Waals surface area contributed by atoms with E-state index in [-0.39, 0.29) is 16.2 Å². The zero-order valence-corrected chi connectivity index (χ0v) is 16.9. The van der Waals surface area contributed by atoms with Crippen molar-refractivity contribution in [2.24, 2.45) is 16.2 Å². The van der Waals surface area contributed by atoms with Crippen LogP contribution in [0.4, 0.5) is 0 Å². The van der Waals surface area contributed by atoms with Gasteiger partial charge in [-0.25, -0.2) is 0 Å². The van der Waals surface area contributed by atoms with Crippen molar-refractivity contribution >= 4 is 23.3 Å². The zero-order chi connectivity index (χ0) is 18.3. The van der Waals surface area contributed by atoms with Gasteiger partial charge in [-0.1, -0.05) is 31.1 Å². The number of thioether (sulfide) groups is 1. The summed E-state index contributed by atoms with van der Waals surface area (Å²) in [5.41, 5.74) is 5.79. The molecule has 0 aromatic heterocycles. The van der Waals surface area contributed by atoms with E-state index in [9.17, 15) is 9.59 Å². The number of fused-ring (bicyclic) bond motifs is 3. The smallest absolute Gasteiger partial charge is 0.155 e. The number of ketones is 2. The third-order valence-corrected chi connectivity index (χ3v) is 9.56. The molecule has 0 aliphatic heterocycles. The van der Waals surface area contributed by atoms with E-state index in [1.807, 2.05) is 17.8 Å². The van der Waals surface area contributed by atoms with Gasteiger partial charge in [-0.05, 0) is 67.4 Å². The first-order valence-electron chi connectivity index (χ1n) is 10.1. The van der Waals surface area contributed by atoms with Crippen molar-refractivity contribution in [2.75, 3.05) is 6.26 Å². The molecule has 0 N–H and O–H groups in total. The maximum atomic E-state index is 13.2. The number of hydrogen-bond donors (Lipinski definition) is 0. The summed E-state index contributed by atoms with van der Waals surface area (Å²) in [6.45, 7) is 4.72. The lowest BCUT2D eigenvalue weighted by Gasteiger charge is -2.52. The molecule has 5 aliphatic carbocycles. The number of rotatable bonds is 1. The normalized spacial score (nSPS) is 44.2. The van der Waals surface area contributed by atoms with E-state index in [2.05, 4.69) is 26.2 Å². The number of Topliss-reactive ketones (excluding diaryl/α,β-unsaturated/α-hetero) is 1. The summed E-state index contributed by atoms with van der Waals surface area (Å²) in [6.07, 6.45) is 14.1. The lowest BCUT2D eigenvalue weighted by Crippen LogP contribution is -2.46. The van der Waals surface area contributed by atoms with Gasteiger partial charge in [0.2, 0.25) is 0 Å². The maximum absolute atomic E-state index is 13.2. The molecule has 0 aromatic rings. The molecule has 4 atom stereocenters.